The molecule has 132 valence electrons. The van der Waals surface area contributed by atoms with Crippen molar-refractivity contribution in [1.29, 1.82) is 5.26 Å². The Kier molecular flexibility index (Phi) is 5.10. The number of benzene rings is 2. The predicted octanol–water partition coefficient (Wildman–Crippen LogP) is 2.43. The van der Waals surface area contributed by atoms with E-state index in [1.165, 1.54) is 6.92 Å². The highest BCUT2D eigenvalue weighted by molar-refractivity contribution is 7.92. The van der Waals surface area contributed by atoms with Crippen LogP contribution in [-0.2, 0) is 19.9 Å². The molecule has 2 rings (SSSR count). The van der Waals surface area contributed by atoms with E-state index in [0.717, 1.165) is 30.3 Å². The third kappa shape index (κ3) is 3.78. The molecule has 0 saturated heterocycles. The number of anilines is 1. The number of rotatable bonds is 5. The van der Waals surface area contributed by atoms with Crippen LogP contribution in [0.2, 0.25) is 0 Å². The average Bonchev–Trinajstić information content (AvgIpc) is 2.59. The topological polar surface area (TPSA) is 104 Å². The van der Waals surface area contributed by atoms with E-state index < -0.39 is 42.7 Å². The minimum atomic E-state index is -4.36. The lowest BCUT2D eigenvalue weighted by atomic mass is 10.2. The maximum absolute atomic E-state index is 13.8. The van der Waals surface area contributed by atoms with Crippen LogP contribution in [0.25, 0.3) is 0 Å². The van der Waals surface area contributed by atoms with Gasteiger partial charge in [-0.2, -0.15) is 5.26 Å². The van der Waals surface area contributed by atoms with E-state index >= 15 is 0 Å². The number of hydrogen-bond donors (Lipinski definition) is 1. The molecule has 0 aliphatic rings. The number of sulfonamides is 1. The van der Waals surface area contributed by atoms with Crippen LogP contribution in [0.5, 0.6) is 0 Å². The summed E-state index contributed by atoms with van der Waals surface area (Å²) in [5.74, 6) is -2.98. The van der Waals surface area contributed by atoms with Gasteiger partial charge in [0.2, 0.25) is 0 Å². The van der Waals surface area contributed by atoms with Crippen molar-refractivity contribution in [3.63, 3.8) is 0 Å². The fraction of sp³-hybridized carbons (Fsp3) is 0.133. The van der Waals surface area contributed by atoms with E-state index in [0.29, 0.717) is 6.07 Å². The Morgan fingerprint density at radius 2 is 1.56 bits per heavy atom. The first-order valence-corrected chi connectivity index (χ1v) is 9.99. The number of nitriles is 1. The van der Waals surface area contributed by atoms with Gasteiger partial charge in [0.1, 0.15) is 11.8 Å². The first kappa shape index (κ1) is 18.8. The lowest BCUT2D eigenvalue weighted by Gasteiger charge is -2.11. The van der Waals surface area contributed by atoms with Crippen molar-refractivity contribution in [1.82, 2.24) is 0 Å². The minimum Gasteiger partial charge on any atom is -0.275 e. The van der Waals surface area contributed by atoms with E-state index in [1.807, 2.05) is 4.72 Å². The fourth-order valence-corrected chi connectivity index (χ4v) is 3.89. The zero-order chi connectivity index (χ0) is 18.8. The van der Waals surface area contributed by atoms with Crippen molar-refractivity contribution in [2.24, 2.45) is 0 Å². The molecular formula is C15H12F2N2O4S2. The molecule has 0 aliphatic carbocycles. The van der Waals surface area contributed by atoms with Gasteiger partial charge in [0.05, 0.1) is 21.1 Å². The number of sulfone groups is 1. The standard InChI is InChI=1S/C15H12F2N2O4S2/c1-2-24(20,21)11-4-6-12(7-5-11)25(22,23)19-15-10(9-18)3-8-13(16)14(15)17/h3-8,19H,2H2,1H3. The average molecular weight is 386 g/mol. The van der Waals surface area contributed by atoms with Crippen LogP contribution in [0.4, 0.5) is 14.5 Å². The molecular weight excluding hydrogens is 374 g/mol. The second-order valence-electron chi connectivity index (χ2n) is 4.88. The van der Waals surface area contributed by atoms with Gasteiger partial charge in [-0.15, -0.1) is 0 Å². The molecule has 0 saturated carbocycles. The monoisotopic (exact) mass is 386 g/mol. The van der Waals surface area contributed by atoms with Crippen LogP contribution in [0.3, 0.4) is 0 Å². The van der Waals surface area contributed by atoms with Gasteiger partial charge in [-0.25, -0.2) is 25.6 Å². The van der Waals surface area contributed by atoms with Crippen LogP contribution in [0.15, 0.2) is 46.2 Å². The molecule has 1 N–H and O–H groups in total. The molecule has 0 bridgehead atoms. The Labute approximate surface area is 143 Å². The van der Waals surface area contributed by atoms with Crippen molar-refractivity contribution in [3.05, 3.63) is 53.6 Å². The highest BCUT2D eigenvalue weighted by Crippen LogP contribution is 2.25. The van der Waals surface area contributed by atoms with Crippen LogP contribution in [-0.4, -0.2) is 22.6 Å². The van der Waals surface area contributed by atoms with Crippen LogP contribution in [0.1, 0.15) is 12.5 Å². The summed E-state index contributed by atoms with van der Waals surface area (Å²) in [5.41, 5.74) is -1.21. The Morgan fingerprint density at radius 3 is 2.08 bits per heavy atom. The maximum atomic E-state index is 13.8. The lowest BCUT2D eigenvalue weighted by molar-refractivity contribution is 0.511. The van der Waals surface area contributed by atoms with Crippen molar-refractivity contribution >= 4 is 25.5 Å². The Balaban J connectivity index is 2.45. The van der Waals surface area contributed by atoms with E-state index in [9.17, 15) is 25.6 Å². The molecule has 0 unspecified atom stereocenters. The number of halogens is 2. The first-order valence-electron chi connectivity index (χ1n) is 6.86. The zero-order valence-electron chi connectivity index (χ0n) is 12.8. The second-order valence-corrected chi connectivity index (χ2v) is 8.84. The van der Waals surface area contributed by atoms with Gasteiger partial charge in [0.15, 0.2) is 21.5 Å². The van der Waals surface area contributed by atoms with Crippen LogP contribution < -0.4 is 4.72 Å². The summed E-state index contributed by atoms with van der Waals surface area (Å²) >= 11 is 0. The highest BCUT2D eigenvalue weighted by atomic mass is 32.2. The number of nitrogens with one attached hydrogen (secondary N) is 1. The summed E-state index contributed by atoms with van der Waals surface area (Å²) in [7, 11) is -7.87. The zero-order valence-corrected chi connectivity index (χ0v) is 14.5. The Morgan fingerprint density at radius 1 is 1.00 bits per heavy atom. The summed E-state index contributed by atoms with van der Waals surface area (Å²) < 4.78 is 77.0. The molecule has 2 aromatic rings. The predicted molar refractivity (Wildman–Crippen MR) is 86.1 cm³/mol. The molecule has 0 aromatic heterocycles. The molecule has 0 radical (unpaired) electrons. The van der Waals surface area contributed by atoms with Gasteiger partial charge >= 0.3 is 0 Å². The highest BCUT2D eigenvalue weighted by Gasteiger charge is 2.22. The van der Waals surface area contributed by atoms with Gasteiger partial charge in [-0.3, -0.25) is 4.72 Å². The van der Waals surface area contributed by atoms with Crippen molar-refractivity contribution in [2.45, 2.75) is 16.7 Å². The first-order chi connectivity index (χ1) is 11.6. The van der Waals surface area contributed by atoms with Gasteiger partial charge in [0.25, 0.3) is 10.0 Å². The normalized spacial score (nSPS) is 11.8. The van der Waals surface area contributed by atoms with Gasteiger partial charge in [-0.05, 0) is 36.4 Å². The molecule has 0 atom stereocenters. The van der Waals surface area contributed by atoms with E-state index in [1.54, 1.807) is 6.07 Å². The summed E-state index contributed by atoms with van der Waals surface area (Å²) in [5, 5.41) is 8.91. The molecule has 25 heavy (non-hydrogen) atoms. The molecule has 0 fully saturated rings. The third-order valence-corrected chi connectivity index (χ3v) is 6.44. The van der Waals surface area contributed by atoms with Crippen LogP contribution in [0, 0.1) is 23.0 Å². The fourth-order valence-electron chi connectivity index (χ4n) is 1.93. The third-order valence-electron chi connectivity index (χ3n) is 3.32. The molecule has 0 amide bonds. The van der Waals surface area contributed by atoms with E-state index in [2.05, 4.69) is 0 Å². The van der Waals surface area contributed by atoms with Gasteiger partial charge < -0.3 is 0 Å². The Hall–Kier alpha value is -2.51. The summed E-state index contributed by atoms with van der Waals surface area (Å²) in [6, 6.07) is 7.44. The van der Waals surface area contributed by atoms with E-state index in [4.69, 9.17) is 5.26 Å². The van der Waals surface area contributed by atoms with Crippen molar-refractivity contribution < 1.29 is 25.6 Å². The molecule has 0 heterocycles. The molecule has 6 nitrogen and oxygen atoms in total. The SMILES string of the molecule is CCS(=O)(=O)c1ccc(S(=O)(=O)Nc2c(C#N)ccc(F)c2F)cc1. The smallest absolute Gasteiger partial charge is 0.262 e. The summed E-state index contributed by atoms with van der Waals surface area (Å²) in [6.07, 6.45) is 0. The molecule has 0 spiro atoms. The maximum Gasteiger partial charge on any atom is 0.262 e. The van der Waals surface area contributed by atoms with Gasteiger partial charge in [0, 0.05) is 0 Å². The molecule has 2 aromatic carbocycles. The van der Waals surface area contributed by atoms with Crippen molar-refractivity contribution in [2.75, 3.05) is 10.5 Å². The van der Waals surface area contributed by atoms with E-state index in [-0.39, 0.29) is 15.5 Å². The second kappa shape index (κ2) is 6.78. The molecule has 10 heteroatoms. The summed E-state index contributed by atoms with van der Waals surface area (Å²) in [6.45, 7) is 1.44. The quantitative estimate of drug-likeness (QED) is 0.850. The van der Waals surface area contributed by atoms with Crippen LogP contribution >= 0.6 is 0 Å². The van der Waals surface area contributed by atoms with Crippen molar-refractivity contribution in [3.8, 4) is 6.07 Å². The number of nitrogens with zero attached hydrogens (tertiary/aromatic N) is 1. The number of hydrogen-bond acceptors (Lipinski definition) is 5. The Bertz CT molecular complexity index is 1060. The molecule has 0 aliphatic heterocycles. The van der Waals surface area contributed by atoms with Gasteiger partial charge in [-0.1, -0.05) is 6.92 Å². The minimum absolute atomic E-state index is 0.0661. The summed E-state index contributed by atoms with van der Waals surface area (Å²) in [4.78, 5) is -0.432. The lowest BCUT2D eigenvalue weighted by Crippen LogP contribution is -2.16. The largest absolute Gasteiger partial charge is 0.275 e.